The molecule has 1 saturated heterocycles. The van der Waals surface area contributed by atoms with E-state index in [2.05, 4.69) is 6.92 Å². The minimum absolute atomic E-state index is 0.0703. The van der Waals surface area contributed by atoms with Crippen molar-refractivity contribution in [2.24, 2.45) is 5.92 Å². The maximum absolute atomic E-state index is 10.2. The van der Waals surface area contributed by atoms with Crippen LogP contribution in [-0.4, -0.2) is 17.8 Å². The summed E-state index contributed by atoms with van der Waals surface area (Å²) in [7, 11) is 0. The van der Waals surface area contributed by atoms with Gasteiger partial charge in [-0.05, 0) is 30.9 Å². The van der Waals surface area contributed by atoms with E-state index < -0.39 is 6.10 Å². The van der Waals surface area contributed by atoms with Crippen LogP contribution in [0.25, 0.3) is 0 Å². The maximum atomic E-state index is 10.2. The molecule has 1 N–H and O–H groups in total. The van der Waals surface area contributed by atoms with Crippen molar-refractivity contribution in [3.05, 3.63) is 20.8 Å². The molecule has 1 aliphatic rings. The Morgan fingerprint density at radius 1 is 1.67 bits per heavy atom. The lowest BCUT2D eigenvalue weighted by Gasteiger charge is -2.20. The van der Waals surface area contributed by atoms with Gasteiger partial charge in [-0.3, -0.25) is 0 Å². The smallest absolute Gasteiger partial charge is 0.115 e. The minimum Gasteiger partial charge on any atom is -0.385 e. The third kappa shape index (κ3) is 2.21. The van der Waals surface area contributed by atoms with E-state index in [9.17, 15) is 5.11 Å². The summed E-state index contributed by atoms with van der Waals surface area (Å²) < 4.78 is 6.30. The Kier molecular flexibility index (Phi) is 3.36. The highest BCUT2D eigenvalue weighted by Gasteiger charge is 2.32. The second-order valence-electron chi connectivity index (χ2n) is 4.15. The lowest BCUT2D eigenvalue weighted by Crippen LogP contribution is -2.22. The number of aliphatic hydroxyl groups is 1. The van der Waals surface area contributed by atoms with Crippen LogP contribution in [0, 0.1) is 12.8 Å². The van der Waals surface area contributed by atoms with Crippen LogP contribution in [0.3, 0.4) is 0 Å². The summed E-state index contributed by atoms with van der Waals surface area (Å²) in [6.45, 7) is 4.82. The molecule has 3 atom stereocenters. The van der Waals surface area contributed by atoms with Gasteiger partial charge in [0.25, 0.3) is 0 Å². The normalized spacial score (nSPS) is 28.3. The molecule has 0 aromatic carbocycles. The summed E-state index contributed by atoms with van der Waals surface area (Å²) in [4.78, 5) is 0.913. The van der Waals surface area contributed by atoms with Gasteiger partial charge in [-0.25, -0.2) is 0 Å². The number of halogens is 1. The van der Waals surface area contributed by atoms with Crippen LogP contribution < -0.4 is 0 Å². The van der Waals surface area contributed by atoms with Crippen LogP contribution in [0.1, 0.15) is 29.9 Å². The summed E-state index contributed by atoms with van der Waals surface area (Å²) in [5.41, 5.74) is 1.03. The standard InChI is InChI=1S/C11H15ClO2S/c1-6-3-4-14-10(6)9(13)8-5-7(2)11(12)15-8/h5-6,9-10,13H,3-4H2,1-2H3. The van der Waals surface area contributed by atoms with Gasteiger partial charge < -0.3 is 9.84 Å². The van der Waals surface area contributed by atoms with Gasteiger partial charge >= 0.3 is 0 Å². The van der Waals surface area contributed by atoms with Gasteiger partial charge in [-0.15, -0.1) is 11.3 Å². The molecule has 0 aliphatic carbocycles. The first kappa shape index (κ1) is 11.4. The van der Waals surface area contributed by atoms with Gasteiger partial charge in [-0.2, -0.15) is 0 Å². The summed E-state index contributed by atoms with van der Waals surface area (Å²) in [5.74, 6) is 0.418. The lowest BCUT2D eigenvalue weighted by molar-refractivity contribution is -0.0160. The van der Waals surface area contributed by atoms with E-state index in [4.69, 9.17) is 16.3 Å². The second-order valence-corrected chi connectivity index (χ2v) is 5.84. The largest absolute Gasteiger partial charge is 0.385 e. The summed E-state index contributed by atoms with van der Waals surface area (Å²) in [6.07, 6.45) is 0.428. The first-order chi connectivity index (χ1) is 7.09. The number of aryl methyl sites for hydroxylation is 1. The fourth-order valence-corrected chi connectivity index (χ4v) is 3.15. The Bertz CT molecular complexity index is 331. The molecule has 0 spiro atoms. The molecule has 0 saturated carbocycles. The molecule has 1 aromatic rings. The molecular formula is C11H15ClO2S. The highest BCUT2D eigenvalue weighted by atomic mass is 35.5. The van der Waals surface area contributed by atoms with Crippen LogP contribution in [0.15, 0.2) is 6.07 Å². The van der Waals surface area contributed by atoms with Crippen molar-refractivity contribution in [1.29, 1.82) is 0 Å². The highest BCUT2D eigenvalue weighted by molar-refractivity contribution is 7.16. The number of aliphatic hydroxyl groups excluding tert-OH is 1. The quantitative estimate of drug-likeness (QED) is 0.869. The highest BCUT2D eigenvalue weighted by Crippen LogP contribution is 2.37. The molecule has 15 heavy (non-hydrogen) atoms. The zero-order valence-electron chi connectivity index (χ0n) is 8.87. The summed E-state index contributed by atoms with van der Waals surface area (Å²) in [6, 6.07) is 1.95. The minimum atomic E-state index is -0.529. The van der Waals surface area contributed by atoms with Gasteiger partial charge in [-0.1, -0.05) is 18.5 Å². The molecule has 4 heteroatoms. The van der Waals surface area contributed by atoms with Gasteiger partial charge in [0.05, 0.1) is 10.4 Å². The molecule has 0 amide bonds. The Hall–Kier alpha value is -0.0900. The zero-order valence-corrected chi connectivity index (χ0v) is 10.4. The average Bonchev–Trinajstić information content (AvgIpc) is 2.74. The lowest BCUT2D eigenvalue weighted by atomic mass is 9.98. The maximum Gasteiger partial charge on any atom is 0.115 e. The van der Waals surface area contributed by atoms with E-state index in [0.29, 0.717) is 5.92 Å². The van der Waals surface area contributed by atoms with E-state index in [-0.39, 0.29) is 6.10 Å². The molecule has 1 aliphatic heterocycles. The monoisotopic (exact) mass is 246 g/mol. The number of ether oxygens (including phenoxy) is 1. The predicted octanol–water partition coefficient (Wildman–Crippen LogP) is 3.17. The summed E-state index contributed by atoms with van der Waals surface area (Å²) >= 11 is 7.43. The van der Waals surface area contributed by atoms with Gasteiger partial charge in [0, 0.05) is 11.5 Å². The number of hydrogen-bond donors (Lipinski definition) is 1. The van der Waals surface area contributed by atoms with Crippen LogP contribution in [0.5, 0.6) is 0 Å². The van der Waals surface area contributed by atoms with E-state index in [1.54, 1.807) is 0 Å². The second kappa shape index (κ2) is 4.42. The van der Waals surface area contributed by atoms with E-state index >= 15 is 0 Å². The van der Waals surface area contributed by atoms with Gasteiger partial charge in [0.1, 0.15) is 6.10 Å². The number of thiophene rings is 1. The van der Waals surface area contributed by atoms with Gasteiger partial charge in [0.2, 0.25) is 0 Å². The zero-order chi connectivity index (χ0) is 11.0. The van der Waals surface area contributed by atoms with Crippen molar-refractivity contribution in [2.75, 3.05) is 6.61 Å². The summed E-state index contributed by atoms with van der Waals surface area (Å²) in [5, 5.41) is 10.2. The molecule has 3 unspecified atom stereocenters. The SMILES string of the molecule is Cc1cc(C(O)C2OCCC2C)sc1Cl. The van der Waals surface area contributed by atoms with Crippen LogP contribution in [-0.2, 0) is 4.74 Å². The predicted molar refractivity (Wildman–Crippen MR) is 62.5 cm³/mol. The van der Waals surface area contributed by atoms with Crippen molar-refractivity contribution < 1.29 is 9.84 Å². The Morgan fingerprint density at radius 2 is 2.40 bits per heavy atom. The van der Waals surface area contributed by atoms with Crippen molar-refractivity contribution in [3.8, 4) is 0 Å². The van der Waals surface area contributed by atoms with E-state index in [1.807, 2.05) is 13.0 Å². The Morgan fingerprint density at radius 3 is 2.87 bits per heavy atom. The third-order valence-corrected chi connectivity index (χ3v) is 4.55. The van der Waals surface area contributed by atoms with Crippen molar-refractivity contribution in [1.82, 2.24) is 0 Å². The molecule has 2 rings (SSSR count). The topological polar surface area (TPSA) is 29.5 Å². The third-order valence-electron chi connectivity index (χ3n) is 2.92. The first-order valence-electron chi connectivity index (χ1n) is 5.15. The molecule has 0 bridgehead atoms. The van der Waals surface area contributed by atoms with Crippen LogP contribution >= 0.6 is 22.9 Å². The van der Waals surface area contributed by atoms with Crippen molar-refractivity contribution in [3.63, 3.8) is 0 Å². The fraction of sp³-hybridized carbons (Fsp3) is 0.636. The molecule has 0 radical (unpaired) electrons. The van der Waals surface area contributed by atoms with E-state index in [0.717, 1.165) is 27.8 Å². The molecular weight excluding hydrogens is 232 g/mol. The Balaban J connectivity index is 2.16. The van der Waals surface area contributed by atoms with Crippen molar-refractivity contribution >= 4 is 22.9 Å². The number of hydrogen-bond acceptors (Lipinski definition) is 3. The number of rotatable bonds is 2. The fourth-order valence-electron chi connectivity index (χ4n) is 1.91. The Labute approximate surface area is 98.8 Å². The van der Waals surface area contributed by atoms with E-state index in [1.165, 1.54) is 11.3 Å². The van der Waals surface area contributed by atoms with Crippen LogP contribution in [0.2, 0.25) is 4.34 Å². The molecule has 84 valence electrons. The van der Waals surface area contributed by atoms with Crippen LogP contribution in [0.4, 0.5) is 0 Å². The molecule has 2 heterocycles. The van der Waals surface area contributed by atoms with Gasteiger partial charge in [0.15, 0.2) is 0 Å². The van der Waals surface area contributed by atoms with Crippen molar-refractivity contribution in [2.45, 2.75) is 32.5 Å². The molecule has 1 fully saturated rings. The average molecular weight is 247 g/mol. The molecule has 1 aromatic heterocycles. The molecule has 2 nitrogen and oxygen atoms in total. The first-order valence-corrected chi connectivity index (χ1v) is 6.34.